The lowest BCUT2D eigenvalue weighted by atomic mass is 9.99. The van der Waals surface area contributed by atoms with Crippen molar-refractivity contribution in [3.63, 3.8) is 0 Å². The molecule has 1 aliphatic heterocycles. The van der Waals surface area contributed by atoms with Crippen LogP contribution in [0.25, 0.3) is 0 Å². The van der Waals surface area contributed by atoms with Gasteiger partial charge < -0.3 is 14.9 Å². The summed E-state index contributed by atoms with van der Waals surface area (Å²) in [7, 11) is 0. The summed E-state index contributed by atoms with van der Waals surface area (Å²) < 4.78 is 6.05. The fourth-order valence-corrected chi connectivity index (χ4v) is 2.92. The number of oxime groups is 1. The Hall–Kier alpha value is -2.89. The van der Waals surface area contributed by atoms with Gasteiger partial charge in [0.1, 0.15) is 5.75 Å². The van der Waals surface area contributed by atoms with E-state index in [1.807, 2.05) is 51.1 Å². The molecule has 6 nitrogen and oxygen atoms in total. The van der Waals surface area contributed by atoms with Gasteiger partial charge in [0, 0.05) is 24.7 Å². The molecule has 0 saturated carbocycles. The van der Waals surface area contributed by atoms with Gasteiger partial charge in [-0.2, -0.15) is 0 Å². The zero-order valence-electron chi connectivity index (χ0n) is 15.5. The average molecular weight is 353 g/mol. The molecule has 136 valence electrons. The number of carbonyl (C=O) groups excluding carboxylic acids is 1. The van der Waals surface area contributed by atoms with Gasteiger partial charge in [0.2, 0.25) is 11.5 Å². The van der Waals surface area contributed by atoms with Gasteiger partial charge in [0.05, 0.1) is 5.71 Å². The number of rotatable bonds is 5. The van der Waals surface area contributed by atoms with Gasteiger partial charge in [-0.15, -0.1) is 0 Å². The monoisotopic (exact) mass is 353 g/mol. The van der Waals surface area contributed by atoms with Crippen LogP contribution in [0.2, 0.25) is 0 Å². The molecule has 0 aliphatic carbocycles. The van der Waals surface area contributed by atoms with Gasteiger partial charge in [-0.05, 0) is 44.9 Å². The van der Waals surface area contributed by atoms with E-state index in [9.17, 15) is 4.79 Å². The van der Waals surface area contributed by atoms with E-state index in [1.165, 1.54) is 0 Å². The third kappa shape index (κ3) is 3.69. The van der Waals surface area contributed by atoms with Crippen molar-refractivity contribution in [1.29, 1.82) is 0 Å². The molecule has 1 aromatic heterocycles. The topological polar surface area (TPSA) is 72.8 Å². The van der Waals surface area contributed by atoms with Gasteiger partial charge in [0.15, 0.2) is 0 Å². The normalized spacial score (nSPS) is 18.8. The molecular weight excluding hydrogens is 330 g/mol. The molecule has 2 heterocycles. The molecule has 0 saturated heterocycles. The second-order valence-electron chi connectivity index (χ2n) is 6.80. The molecule has 1 amide bonds. The van der Waals surface area contributed by atoms with Crippen molar-refractivity contribution < 1.29 is 14.4 Å². The zero-order valence-corrected chi connectivity index (χ0v) is 15.5. The molecule has 3 rings (SSSR count). The summed E-state index contributed by atoms with van der Waals surface area (Å²) in [4.78, 5) is 22.1. The Bertz CT molecular complexity index is 843. The SMILES string of the molecule is CC1=NO[C@](C)(C(=O)NCc2cccnc2Oc2c(C)cccc2C)C1. The van der Waals surface area contributed by atoms with Crippen LogP contribution in [0.5, 0.6) is 11.6 Å². The number of hydrogen-bond donors (Lipinski definition) is 1. The zero-order chi connectivity index (χ0) is 18.7. The molecule has 1 atom stereocenters. The maximum Gasteiger partial charge on any atom is 0.267 e. The first-order valence-corrected chi connectivity index (χ1v) is 8.57. The molecule has 0 fully saturated rings. The second-order valence-corrected chi connectivity index (χ2v) is 6.80. The number of pyridine rings is 1. The quantitative estimate of drug-likeness (QED) is 0.890. The summed E-state index contributed by atoms with van der Waals surface area (Å²) >= 11 is 0. The molecule has 0 radical (unpaired) electrons. The number of aryl methyl sites for hydroxylation is 2. The van der Waals surface area contributed by atoms with Gasteiger partial charge >= 0.3 is 0 Å². The Morgan fingerprint density at radius 2 is 1.96 bits per heavy atom. The van der Waals surface area contributed by atoms with Crippen LogP contribution in [0.3, 0.4) is 0 Å². The highest BCUT2D eigenvalue weighted by Crippen LogP contribution is 2.29. The minimum absolute atomic E-state index is 0.208. The standard InChI is InChI=1S/C20H23N3O3/c1-13-7-5-8-14(2)17(13)25-18-16(9-6-10-21-18)12-22-19(24)20(4)11-15(3)23-26-20/h5-10H,11-12H2,1-4H3,(H,22,24)/t20-/m0/s1. The first kappa shape index (κ1) is 17.9. The highest BCUT2D eigenvalue weighted by Gasteiger charge is 2.40. The van der Waals surface area contributed by atoms with Crippen molar-refractivity contribution in [3.8, 4) is 11.6 Å². The number of hydrogen-bond acceptors (Lipinski definition) is 5. The van der Waals surface area contributed by atoms with E-state index in [4.69, 9.17) is 9.57 Å². The van der Waals surface area contributed by atoms with Gasteiger partial charge in [-0.1, -0.05) is 29.4 Å². The van der Waals surface area contributed by atoms with Crippen LogP contribution in [0.4, 0.5) is 0 Å². The van der Waals surface area contributed by atoms with Gasteiger partial charge in [-0.25, -0.2) is 4.98 Å². The summed E-state index contributed by atoms with van der Waals surface area (Å²) in [5.74, 6) is 1.06. The number of carbonyl (C=O) groups is 1. The largest absolute Gasteiger partial charge is 0.438 e. The maximum absolute atomic E-state index is 12.5. The third-order valence-corrected chi connectivity index (χ3v) is 4.37. The molecule has 1 N–H and O–H groups in total. The van der Waals surface area contributed by atoms with Crippen molar-refractivity contribution in [1.82, 2.24) is 10.3 Å². The highest BCUT2D eigenvalue weighted by molar-refractivity contribution is 5.94. The van der Waals surface area contributed by atoms with Crippen LogP contribution in [-0.4, -0.2) is 22.2 Å². The first-order chi connectivity index (χ1) is 12.4. The number of benzene rings is 1. The molecule has 0 bridgehead atoms. The van der Waals surface area contributed by atoms with E-state index in [0.717, 1.165) is 28.2 Å². The molecule has 0 spiro atoms. The minimum Gasteiger partial charge on any atom is -0.438 e. The number of aromatic nitrogens is 1. The van der Waals surface area contributed by atoms with Crippen molar-refractivity contribution in [3.05, 3.63) is 53.2 Å². The lowest BCUT2D eigenvalue weighted by Crippen LogP contribution is -2.44. The predicted octanol–water partition coefficient (Wildman–Crippen LogP) is 3.66. The molecule has 1 aromatic carbocycles. The molecule has 2 aromatic rings. The Balaban J connectivity index is 1.73. The minimum atomic E-state index is -0.958. The van der Waals surface area contributed by atoms with Crippen LogP contribution in [0, 0.1) is 13.8 Å². The van der Waals surface area contributed by atoms with E-state index in [-0.39, 0.29) is 5.91 Å². The van der Waals surface area contributed by atoms with Crippen molar-refractivity contribution >= 4 is 11.6 Å². The van der Waals surface area contributed by atoms with Gasteiger partial charge in [0.25, 0.3) is 5.91 Å². The molecule has 26 heavy (non-hydrogen) atoms. The molecule has 1 aliphatic rings. The maximum atomic E-state index is 12.5. The fourth-order valence-electron chi connectivity index (χ4n) is 2.92. The highest BCUT2D eigenvalue weighted by atomic mass is 16.7. The van der Waals surface area contributed by atoms with E-state index >= 15 is 0 Å². The number of para-hydroxylation sites is 1. The second kappa shape index (κ2) is 7.15. The van der Waals surface area contributed by atoms with E-state index in [1.54, 1.807) is 13.1 Å². The lowest BCUT2D eigenvalue weighted by molar-refractivity contribution is -0.141. The number of amides is 1. The van der Waals surface area contributed by atoms with Crippen molar-refractivity contribution in [2.45, 2.75) is 46.3 Å². The van der Waals surface area contributed by atoms with Crippen LogP contribution < -0.4 is 10.1 Å². The summed E-state index contributed by atoms with van der Waals surface area (Å²) in [6.07, 6.45) is 2.16. The van der Waals surface area contributed by atoms with E-state index in [2.05, 4.69) is 15.5 Å². The van der Waals surface area contributed by atoms with Crippen LogP contribution in [-0.2, 0) is 16.2 Å². The predicted molar refractivity (Wildman–Crippen MR) is 99.3 cm³/mol. The third-order valence-electron chi connectivity index (χ3n) is 4.37. The van der Waals surface area contributed by atoms with E-state index < -0.39 is 5.60 Å². The van der Waals surface area contributed by atoms with Crippen molar-refractivity contribution in [2.24, 2.45) is 5.16 Å². The van der Waals surface area contributed by atoms with Crippen molar-refractivity contribution in [2.75, 3.05) is 0 Å². The Morgan fingerprint density at radius 1 is 1.23 bits per heavy atom. The summed E-state index contributed by atoms with van der Waals surface area (Å²) in [5.41, 5.74) is 2.71. The number of ether oxygens (including phenoxy) is 1. The van der Waals surface area contributed by atoms with E-state index in [0.29, 0.717) is 18.8 Å². The number of nitrogens with one attached hydrogen (secondary N) is 1. The van der Waals surface area contributed by atoms with Gasteiger partial charge in [-0.3, -0.25) is 4.79 Å². The Kier molecular flexibility index (Phi) is 4.93. The molecular formula is C20H23N3O3. The summed E-state index contributed by atoms with van der Waals surface area (Å²) in [5, 5.41) is 6.78. The first-order valence-electron chi connectivity index (χ1n) is 8.57. The van der Waals surface area contributed by atoms with Crippen LogP contribution in [0.1, 0.15) is 37.0 Å². The smallest absolute Gasteiger partial charge is 0.267 e. The Morgan fingerprint density at radius 3 is 2.62 bits per heavy atom. The molecule has 0 unspecified atom stereocenters. The fraction of sp³-hybridized carbons (Fsp3) is 0.350. The number of nitrogens with zero attached hydrogens (tertiary/aromatic N) is 2. The summed E-state index contributed by atoms with van der Waals surface area (Å²) in [6.45, 7) is 7.86. The molecule has 6 heteroatoms. The Labute approximate surface area is 153 Å². The summed E-state index contributed by atoms with van der Waals surface area (Å²) in [6, 6.07) is 9.68. The lowest BCUT2D eigenvalue weighted by Gasteiger charge is -2.20. The van der Waals surface area contributed by atoms with Crippen LogP contribution in [0.15, 0.2) is 41.7 Å². The van der Waals surface area contributed by atoms with Crippen LogP contribution >= 0.6 is 0 Å². The average Bonchev–Trinajstić information content (AvgIpc) is 2.97.